The second kappa shape index (κ2) is 6.54. The molecule has 1 heterocycles. The Bertz CT molecular complexity index is 596. The Morgan fingerprint density at radius 1 is 1.29 bits per heavy atom. The molecule has 0 amide bonds. The summed E-state index contributed by atoms with van der Waals surface area (Å²) < 4.78 is 27.6. The lowest BCUT2D eigenvalue weighted by Gasteiger charge is -2.27. The molecule has 0 aliphatic rings. The van der Waals surface area contributed by atoms with E-state index >= 15 is 0 Å². The summed E-state index contributed by atoms with van der Waals surface area (Å²) in [5.41, 5.74) is -2.03. The van der Waals surface area contributed by atoms with E-state index < -0.39 is 41.4 Å². The van der Waals surface area contributed by atoms with Crippen molar-refractivity contribution in [2.75, 3.05) is 19.8 Å². The van der Waals surface area contributed by atoms with Gasteiger partial charge in [0.05, 0.1) is 19.8 Å². The van der Waals surface area contributed by atoms with Crippen molar-refractivity contribution < 1.29 is 33.6 Å². The molecule has 0 fully saturated rings. The molecule has 0 radical (unpaired) electrons. The fourth-order valence-electron chi connectivity index (χ4n) is 1.66. The number of aromatic nitrogens is 1. The van der Waals surface area contributed by atoms with Crippen molar-refractivity contribution in [1.82, 2.24) is 9.29 Å². The fourth-order valence-corrected chi connectivity index (χ4v) is 3.08. The van der Waals surface area contributed by atoms with Gasteiger partial charge in [0.1, 0.15) is 16.1 Å². The molecule has 1 aromatic heterocycles. The summed E-state index contributed by atoms with van der Waals surface area (Å²) in [6.07, 6.45) is 1.13. The van der Waals surface area contributed by atoms with Crippen LogP contribution in [0.15, 0.2) is 17.2 Å². The van der Waals surface area contributed by atoms with Crippen LogP contribution in [0.2, 0.25) is 0 Å². The first-order valence-electron chi connectivity index (χ1n) is 6.05. The van der Waals surface area contributed by atoms with Crippen molar-refractivity contribution in [2.24, 2.45) is 0 Å². The maximum Gasteiger partial charge on any atom is 0.352 e. The summed E-state index contributed by atoms with van der Waals surface area (Å²) >= 11 is 0. The summed E-state index contributed by atoms with van der Waals surface area (Å²) in [5.74, 6) is -1.28. The van der Waals surface area contributed by atoms with Gasteiger partial charge in [-0.05, 0) is 13.0 Å². The Balaban J connectivity index is 3.23. The van der Waals surface area contributed by atoms with E-state index in [2.05, 4.69) is 0 Å². The molecular weight excluding hydrogens is 304 g/mol. The van der Waals surface area contributed by atoms with Crippen LogP contribution in [0.5, 0.6) is 0 Å². The van der Waals surface area contributed by atoms with Crippen LogP contribution in [0, 0.1) is 0 Å². The van der Waals surface area contributed by atoms with E-state index in [1.54, 1.807) is 6.92 Å². The maximum absolute atomic E-state index is 12.2. The number of rotatable bonds is 8. The number of nitrogens with one attached hydrogen (secondary N) is 1. The number of carboxylic acids is 1. The molecule has 0 unspecified atom stereocenters. The Labute approximate surface area is 121 Å². The molecule has 0 aliphatic carbocycles. The average molecular weight is 322 g/mol. The Morgan fingerprint density at radius 3 is 2.14 bits per heavy atom. The third-order valence-corrected chi connectivity index (χ3v) is 4.55. The number of carbonyl (C=O) groups is 1. The molecule has 21 heavy (non-hydrogen) atoms. The minimum absolute atomic E-state index is 0.208. The second-order valence-corrected chi connectivity index (χ2v) is 6.19. The van der Waals surface area contributed by atoms with Crippen LogP contribution in [0.4, 0.5) is 0 Å². The van der Waals surface area contributed by atoms with E-state index in [4.69, 9.17) is 20.4 Å². The van der Waals surface area contributed by atoms with Gasteiger partial charge in [-0.1, -0.05) is 0 Å². The first-order valence-corrected chi connectivity index (χ1v) is 7.53. The zero-order valence-electron chi connectivity index (χ0n) is 11.4. The topological polar surface area (TPSA) is 149 Å². The predicted molar refractivity (Wildman–Crippen MR) is 71.4 cm³/mol. The van der Waals surface area contributed by atoms with Gasteiger partial charge in [-0.25, -0.2) is 13.2 Å². The van der Waals surface area contributed by atoms with E-state index in [0.29, 0.717) is 0 Å². The lowest BCUT2D eigenvalue weighted by molar-refractivity contribution is 0.0581. The Hall–Kier alpha value is -1.46. The molecule has 0 spiro atoms. The van der Waals surface area contributed by atoms with E-state index in [9.17, 15) is 13.2 Å². The lowest BCUT2D eigenvalue weighted by Crippen LogP contribution is -2.56. The molecule has 120 valence electrons. The van der Waals surface area contributed by atoms with Gasteiger partial charge in [-0.15, -0.1) is 0 Å². The monoisotopic (exact) mass is 322 g/mol. The molecule has 10 heteroatoms. The third kappa shape index (κ3) is 3.60. The number of sulfonamides is 1. The van der Waals surface area contributed by atoms with Gasteiger partial charge < -0.3 is 25.0 Å². The maximum atomic E-state index is 12.2. The van der Waals surface area contributed by atoms with E-state index in [-0.39, 0.29) is 17.1 Å². The van der Waals surface area contributed by atoms with Crippen LogP contribution in [0.25, 0.3) is 0 Å². The Morgan fingerprint density at radius 2 is 1.81 bits per heavy atom. The van der Waals surface area contributed by atoms with Crippen LogP contribution in [0.3, 0.4) is 0 Å². The van der Waals surface area contributed by atoms with Crippen molar-refractivity contribution in [3.05, 3.63) is 18.0 Å². The van der Waals surface area contributed by atoms with Gasteiger partial charge in [-0.2, -0.15) is 4.72 Å². The number of nitrogens with zero attached hydrogens (tertiary/aromatic N) is 1. The van der Waals surface area contributed by atoms with Gasteiger partial charge in [-0.3, -0.25) is 0 Å². The van der Waals surface area contributed by atoms with Gasteiger partial charge in [0.25, 0.3) is 0 Å². The molecule has 0 saturated carbocycles. The van der Waals surface area contributed by atoms with Gasteiger partial charge in [0.2, 0.25) is 10.0 Å². The lowest BCUT2D eigenvalue weighted by atomic mass is 10.1. The van der Waals surface area contributed by atoms with Crippen LogP contribution in [-0.2, 0) is 16.6 Å². The predicted octanol–water partition coefficient (Wildman–Crippen LogP) is -1.80. The molecular formula is C11H18N2O7S. The summed E-state index contributed by atoms with van der Waals surface area (Å²) in [6, 6.07) is 0.963. The highest BCUT2D eigenvalue weighted by atomic mass is 32.2. The number of carboxylic acid groups (broad SMARTS) is 1. The normalized spacial score (nSPS) is 12.6. The number of hydrogen-bond acceptors (Lipinski definition) is 6. The van der Waals surface area contributed by atoms with Gasteiger partial charge >= 0.3 is 5.97 Å². The minimum Gasteiger partial charge on any atom is -0.477 e. The molecule has 1 rings (SSSR count). The smallest absolute Gasteiger partial charge is 0.352 e. The molecule has 0 bridgehead atoms. The minimum atomic E-state index is -4.21. The highest BCUT2D eigenvalue weighted by molar-refractivity contribution is 7.89. The first-order chi connectivity index (χ1) is 9.75. The van der Waals surface area contributed by atoms with E-state index in [0.717, 1.165) is 12.3 Å². The van der Waals surface area contributed by atoms with E-state index in [1.807, 2.05) is 4.72 Å². The summed E-state index contributed by atoms with van der Waals surface area (Å²) in [6.45, 7) is -0.559. The van der Waals surface area contributed by atoms with Crippen LogP contribution < -0.4 is 4.72 Å². The quantitative estimate of drug-likeness (QED) is 0.379. The Kier molecular flexibility index (Phi) is 5.48. The number of hydrogen-bond donors (Lipinski definition) is 5. The largest absolute Gasteiger partial charge is 0.477 e. The fraction of sp³-hybridized carbons (Fsp3) is 0.545. The second-order valence-electron chi connectivity index (χ2n) is 4.51. The van der Waals surface area contributed by atoms with Crippen molar-refractivity contribution in [3.63, 3.8) is 0 Å². The highest BCUT2D eigenvalue weighted by Crippen LogP contribution is 2.17. The zero-order chi connectivity index (χ0) is 16.3. The van der Waals surface area contributed by atoms with Crippen LogP contribution >= 0.6 is 0 Å². The molecule has 0 atom stereocenters. The van der Waals surface area contributed by atoms with Gasteiger partial charge in [0, 0.05) is 12.7 Å². The molecule has 9 nitrogen and oxygen atoms in total. The van der Waals surface area contributed by atoms with Gasteiger partial charge in [0.15, 0.2) is 0 Å². The standard InChI is InChI=1S/C11H18N2O7S/c1-2-13-4-8(3-9(13)10(17)18)21(19,20)12-11(5-14,6-15)7-16/h3-4,12,14-16H,2,5-7H2,1H3,(H,17,18). The van der Waals surface area contributed by atoms with E-state index in [1.165, 1.54) is 4.57 Å². The molecule has 5 N–H and O–H groups in total. The SMILES string of the molecule is CCn1cc(S(=O)(=O)NC(CO)(CO)CO)cc1C(=O)O. The summed E-state index contributed by atoms with van der Waals surface area (Å²) in [4.78, 5) is 10.7. The van der Waals surface area contributed by atoms with Crippen molar-refractivity contribution >= 4 is 16.0 Å². The molecule has 0 saturated heterocycles. The summed E-state index contributed by atoms with van der Waals surface area (Å²) in [5, 5.41) is 36.4. The number of aliphatic hydroxyl groups excluding tert-OH is 3. The third-order valence-electron chi connectivity index (χ3n) is 3.00. The summed E-state index contributed by atoms with van der Waals surface area (Å²) in [7, 11) is -4.21. The molecule has 0 aromatic carbocycles. The van der Waals surface area contributed by atoms with Crippen LogP contribution in [0.1, 0.15) is 17.4 Å². The van der Waals surface area contributed by atoms with Crippen molar-refractivity contribution in [1.29, 1.82) is 0 Å². The first kappa shape index (κ1) is 17.6. The number of aryl methyl sites for hydroxylation is 1. The van der Waals surface area contributed by atoms with Crippen molar-refractivity contribution in [2.45, 2.75) is 23.9 Å². The number of aromatic carboxylic acids is 1. The zero-order valence-corrected chi connectivity index (χ0v) is 12.2. The molecule has 0 aliphatic heterocycles. The number of aliphatic hydroxyl groups is 3. The average Bonchev–Trinajstić information content (AvgIpc) is 2.90. The van der Waals surface area contributed by atoms with Crippen molar-refractivity contribution in [3.8, 4) is 0 Å². The molecule has 1 aromatic rings. The highest BCUT2D eigenvalue weighted by Gasteiger charge is 2.34. The van der Waals surface area contributed by atoms with Crippen LogP contribution in [-0.4, -0.2) is 64.7 Å².